The number of halogens is 2. The fourth-order valence-electron chi connectivity index (χ4n) is 1.77. The van der Waals surface area contributed by atoms with E-state index in [4.69, 9.17) is 27.9 Å². The molecule has 0 bridgehead atoms. The Balaban J connectivity index is 1.62. The number of para-hydroxylation sites is 1. The maximum absolute atomic E-state index is 11.9. The molecule has 112 valence electrons. The maximum Gasteiger partial charge on any atom is 0.374 e. The van der Waals surface area contributed by atoms with Gasteiger partial charge in [0, 0.05) is 27.4 Å². The van der Waals surface area contributed by atoms with Crippen LogP contribution < -0.4 is 0 Å². The first-order valence-electron chi connectivity index (χ1n) is 6.26. The average Bonchev–Trinajstić information content (AvgIpc) is 2.88. The standard InChI is InChI=1S/C15H9Cl2NO2S2/c16-10-6-5-9(11(17)7-10)8-20-15(19)22-14-18-12-3-1-2-4-13(12)21-14/h1-7H,8H2. The predicted molar refractivity (Wildman–Crippen MR) is 92.1 cm³/mol. The zero-order chi connectivity index (χ0) is 15.5. The van der Waals surface area contributed by atoms with Crippen molar-refractivity contribution in [3.8, 4) is 0 Å². The third kappa shape index (κ3) is 3.73. The van der Waals surface area contributed by atoms with E-state index < -0.39 is 5.30 Å². The van der Waals surface area contributed by atoms with E-state index in [0.29, 0.717) is 19.9 Å². The summed E-state index contributed by atoms with van der Waals surface area (Å²) in [6, 6.07) is 12.8. The Labute approximate surface area is 145 Å². The Bertz CT molecular complexity index is 802. The lowest BCUT2D eigenvalue weighted by Gasteiger charge is -2.05. The lowest BCUT2D eigenvalue weighted by Crippen LogP contribution is -1.98. The van der Waals surface area contributed by atoms with Crippen molar-refractivity contribution in [3.63, 3.8) is 0 Å². The van der Waals surface area contributed by atoms with E-state index in [0.717, 1.165) is 22.0 Å². The Hall–Kier alpha value is -1.27. The molecule has 0 spiro atoms. The first-order chi connectivity index (χ1) is 10.6. The molecule has 0 aliphatic rings. The Morgan fingerprint density at radius 2 is 2.05 bits per heavy atom. The van der Waals surface area contributed by atoms with Crippen LogP contribution >= 0.6 is 46.3 Å². The molecule has 0 atom stereocenters. The van der Waals surface area contributed by atoms with Crippen molar-refractivity contribution in [3.05, 3.63) is 58.1 Å². The second-order valence-corrected chi connectivity index (χ2v) is 7.38. The van der Waals surface area contributed by atoms with Gasteiger partial charge in [0.15, 0.2) is 4.34 Å². The minimum atomic E-state index is -0.412. The van der Waals surface area contributed by atoms with Crippen LogP contribution in [0, 0.1) is 0 Å². The van der Waals surface area contributed by atoms with Crippen LogP contribution in [0.1, 0.15) is 5.56 Å². The van der Waals surface area contributed by atoms with Gasteiger partial charge in [0.1, 0.15) is 6.61 Å². The van der Waals surface area contributed by atoms with Crippen molar-refractivity contribution in [2.75, 3.05) is 0 Å². The van der Waals surface area contributed by atoms with E-state index in [1.807, 2.05) is 24.3 Å². The molecule has 0 aliphatic carbocycles. The lowest BCUT2D eigenvalue weighted by molar-refractivity contribution is 0.169. The van der Waals surface area contributed by atoms with Gasteiger partial charge in [-0.3, -0.25) is 0 Å². The molecule has 3 nitrogen and oxygen atoms in total. The molecular weight excluding hydrogens is 361 g/mol. The zero-order valence-electron chi connectivity index (χ0n) is 11.1. The maximum atomic E-state index is 11.9. The van der Waals surface area contributed by atoms with Gasteiger partial charge in [-0.2, -0.15) is 0 Å². The molecule has 0 saturated heterocycles. The van der Waals surface area contributed by atoms with Crippen LogP contribution in [0.5, 0.6) is 0 Å². The van der Waals surface area contributed by atoms with E-state index in [2.05, 4.69) is 4.98 Å². The van der Waals surface area contributed by atoms with Crippen LogP contribution in [-0.2, 0) is 11.3 Å². The number of aromatic nitrogens is 1. The summed E-state index contributed by atoms with van der Waals surface area (Å²) in [6.07, 6.45) is 0. The van der Waals surface area contributed by atoms with Gasteiger partial charge in [-0.25, -0.2) is 9.78 Å². The molecule has 22 heavy (non-hydrogen) atoms. The number of hydrogen-bond donors (Lipinski definition) is 0. The van der Waals surface area contributed by atoms with E-state index in [1.54, 1.807) is 18.2 Å². The van der Waals surface area contributed by atoms with Crippen molar-refractivity contribution in [1.82, 2.24) is 4.98 Å². The van der Waals surface area contributed by atoms with Crippen LogP contribution in [0.3, 0.4) is 0 Å². The van der Waals surface area contributed by atoms with Crippen molar-refractivity contribution in [2.24, 2.45) is 0 Å². The minimum Gasteiger partial charge on any atom is -0.452 e. The van der Waals surface area contributed by atoms with Crippen LogP contribution in [0.25, 0.3) is 10.2 Å². The summed E-state index contributed by atoms with van der Waals surface area (Å²) in [6.45, 7) is 0.104. The normalized spacial score (nSPS) is 10.8. The van der Waals surface area contributed by atoms with Gasteiger partial charge in [0.25, 0.3) is 0 Å². The van der Waals surface area contributed by atoms with E-state index >= 15 is 0 Å². The number of ether oxygens (including phenoxy) is 1. The molecule has 0 fully saturated rings. The third-order valence-electron chi connectivity index (χ3n) is 2.81. The first kappa shape index (κ1) is 15.6. The zero-order valence-corrected chi connectivity index (χ0v) is 14.2. The Kier molecular flexibility index (Phi) is 4.88. The van der Waals surface area contributed by atoms with Gasteiger partial charge in [-0.1, -0.05) is 41.4 Å². The van der Waals surface area contributed by atoms with Crippen LogP contribution in [0.15, 0.2) is 46.8 Å². The number of thiazole rings is 1. The highest BCUT2D eigenvalue weighted by molar-refractivity contribution is 8.14. The Morgan fingerprint density at radius 1 is 1.23 bits per heavy atom. The molecule has 1 heterocycles. The predicted octanol–water partition coefficient (Wildman–Crippen LogP) is 6.03. The van der Waals surface area contributed by atoms with Gasteiger partial charge in [0.05, 0.1) is 10.2 Å². The second-order valence-electron chi connectivity index (χ2n) is 4.32. The Morgan fingerprint density at radius 3 is 2.82 bits per heavy atom. The molecule has 0 unspecified atom stereocenters. The summed E-state index contributed by atoms with van der Waals surface area (Å²) in [5, 5.41) is 0.610. The number of fused-ring (bicyclic) bond motifs is 1. The van der Waals surface area contributed by atoms with E-state index in [1.165, 1.54) is 11.3 Å². The molecular formula is C15H9Cl2NO2S2. The fourth-order valence-corrected chi connectivity index (χ4v) is 3.98. The summed E-state index contributed by atoms with van der Waals surface area (Å²) < 4.78 is 6.91. The minimum absolute atomic E-state index is 0.104. The van der Waals surface area contributed by atoms with Gasteiger partial charge in [-0.15, -0.1) is 11.3 Å². The van der Waals surface area contributed by atoms with Crippen LogP contribution in [-0.4, -0.2) is 10.3 Å². The molecule has 1 aromatic heterocycles. The molecule has 3 rings (SSSR count). The molecule has 3 aromatic rings. The second kappa shape index (κ2) is 6.87. The highest BCUT2D eigenvalue weighted by Crippen LogP contribution is 2.31. The van der Waals surface area contributed by atoms with Gasteiger partial charge < -0.3 is 4.74 Å². The summed E-state index contributed by atoms with van der Waals surface area (Å²) in [5.74, 6) is 0. The SMILES string of the molecule is O=C(OCc1ccc(Cl)cc1Cl)Sc1nc2ccccc2s1. The lowest BCUT2D eigenvalue weighted by atomic mass is 10.2. The van der Waals surface area contributed by atoms with E-state index in [9.17, 15) is 4.79 Å². The molecule has 0 N–H and O–H groups in total. The summed E-state index contributed by atoms with van der Waals surface area (Å²) in [5.41, 5.74) is 1.59. The monoisotopic (exact) mass is 369 g/mol. The number of carbonyl (C=O) groups is 1. The fraction of sp³-hybridized carbons (Fsp3) is 0.0667. The summed E-state index contributed by atoms with van der Waals surface area (Å²) in [4.78, 5) is 16.3. The molecule has 0 amide bonds. The number of benzene rings is 2. The number of rotatable bonds is 3. The van der Waals surface area contributed by atoms with Gasteiger partial charge in [-0.05, 0) is 24.3 Å². The smallest absolute Gasteiger partial charge is 0.374 e. The highest BCUT2D eigenvalue weighted by Gasteiger charge is 2.12. The van der Waals surface area contributed by atoms with Gasteiger partial charge >= 0.3 is 5.30 Å². The van der Waals surface area contributed by atoms with Crippen LogP contribution in [0.2, 0.25) is 10.0 Å². The average molecular weight is 370 g/mol. The number of thioether (sulfide) groups is 1. The van der Waals surface area contributed by atoms with Crippen molar-refractivity contribution < 1.29 is 9.53 Å². The largest absolute Gasteiger partial charge is 0.452 e. The highest BCUT2D eigenvalue weighted by atomic mass is 35.5. The van der Waals surface area contributed by atoms with Crippen molar-refractivity contribution in [2.45, 2.75) is 10.9 Å². The summed E-state index contributed by atoms with van der Waals surface area (Å²) in [7, 11) is 0. The first-order valence-corrected chi connectivity index (χ1v) is 8.65. The number of carbonyl (C=O) groups excluding carboxylic acids is 1. The molecule has 2 aromatic carbocycles. The van der Waals surface area contributed by atoms with E-state index in [-0.39, 0.29) is 6.61 Å². The quantitative estimate of drug-likeness (QED) is 0.417. The molecule has 0 radical (unpaired) electrons. The third-order valence-corrected chi connectivity index (χ3v) is 5.27. The van der Waals surface area contributed by atoms with Crippen LogP contribution in [0.4, 0.5) is 4.79 Å². The van der Waals surface area contributed by atoms with Gasteiger partial charge in [0.2, 0.25) is 0 Å². The van der Waals surface area contributed by atoms with Crippen molar-refractivity contribution >= 4 is 61.8 Å². The molecule has 7 heteroatoms. The number of hydrogen-bond acceptors (Lipinski definition) is 5. The summed E-state index contributed by atoms with van der Waals surface area (Å²) >= 11 is 14.3. The molecule has 0 saturated carbocycles. The molecule has 0 aliphatic heterocycles. The van der Waals surface area contributed by atoms with Crippen molar-refractivity contribution in [1.29, 1.82) is 0 Å². The number of nitrogens with zero attached hydrogens (tertiary/aromatic N) is 1. The topological polar surface area (TPSA) is 39.2 Å².